The van der Waals surface area contributed by atoms with Gasteiger partial charge in [-0.05, 0) is 85.8 Å². The summed E-state index contributed by atoms with van der Waals surface area (Å²) < 4.78 is 6.83. The highest BCUT2D eigenvalue weighted by atomic mass is 32.1. The van der Waals surface area contributed by atoms with Crippen LogP contribution < -0.4 is 4.74 Å². The third-order valence-electron chi connectivity index (χ3n) is 6.58. The average molecular weight is 525 g/mol. The Hall–Kier alpha value is -3.59. The summed E-state index contributed by atoms with van der Waals surface area (Å²) in [6.07, 6.45) is 8.53. The summed E-state index contributed by atoms with van der Waals surface area (Å²) in [6, 6.07) is 16.6. The van der Waals surface area contributed by atoms with E-state index in [2.05, 4.69) is 0 Å². The normalized spacial score (nSPS) is 14.2. The van der Waals surface area contributed by atoms with Crippen LogP contribution in [0.2, 0.25) is 0 Å². The van der Waals surface area contributed by atoms with Crippen molar-refractivity contribution in [2.24, 2.45) is 0 Å². The molecular weight excluding hydrogens is 492 g/mol. The third-order valence-corrected chi connectivity index (χ3v) is 7.77. The summed E-state index contributed by atoms with van der Waals surface area (Å²) in [5, 5.41) is 30.7. The Morgan fingerprint density at radius 2 is 1.41 bits per heavy atom. The Bertz CT molecular complexity index is 1340. The topological polar surface area (TPSA) is 150 Å². The Kier molecular flexibility index (Phi) is 9.15. The first-order chi connectivity index (χ1) is 17.0. The maximum absolute atomic E-state index is 13.7. The second-order valence-electron chi connectivity index (χ2n) is 9.13. The van der Waals surface area contributed by atoms with E-state index in [0.717, 1.165) is 24.2 Å². The standard InChI is InChI=1S/C29H28O5S.2H2O/c30-20-12-8-19(9-13-20)29-27(26-24(32)16-21(31)17-25(26)35-29)28(33)18-10-14-23(15-11-18)34-22-6-4-2-1-3-5-7-22;;/h8-17,22,30-32H,1-7H2;2*1H2. The molecule has 4 aromatic rings. The van der Waals surface area contributed by atoms with Gasteiger partial charge in [-0.3, -0.25) is 4.79 Å². The van der Waals surface area contributed by atoms with Crippen LogP contribution >= 0.6 is 11.3 Å². The van der Waals surface area contributed by atoms with Gasteiger partial charge in [0.2, 0.25) is 0 Å². The van der Waals surface area contributed by atoms with Gasteiger partial charge in [0.15, 0.2) is 5.78 Å². The number of carbonyl (C=O) groups is 1. The molecule has 0 bridgehead atoms. The summed E-state index contributed by atoms with van der Waals surface area (Å²) in [5.41, 5.74) is 1.61. The summed E-state index contributed by atoms with van der Waals surface area (Å²) in [4.78, 5) is 14.4. The van der Waals surface area contributed by atoms with E-state index < -0.39 is 0 Å². The van der Waals surface area contributed by atoms with Crippen molar-refractivity contribution >= 4 is 27.2 Å². The predicted octanol–water partition coefficient (Wildman–Crippen LogP) is 5.76. The molecule has 196 valence electrons. The number of hydrogen-bond acceptors (Lipinski definition) is 6. The molecule has 1 aliphatic carbocycles. The third kappa shape index (κ3) is 6.05. The van der Waals surface area contributed by atoms with E-state index in [9.17, 15) is 20.1 Å². The van der Waals surface area contributed by atoms with Gasteiger partial charge in [-0.15, -0.1) is 11.3 Å². The molecule has 0 unspecified atom stereocenters. The van der Waals surface area contributed by atoms with Crippen molar-refractivity contribution in [1.82, 2.24) is 0 Å². The van der Waals surface area contributed by atoms with E-state index in [0.29, 0.717) is 26.1 Å². The van der Waals surface area contributed by atoms with E-state index in [-0.39, 0.29) is 40.1 Å². The van der Waals surface area contributed by atoms with E-state index in [4.69, 9.17) is 4.74 Å². The van der Waals surface area contributed by atoms with Crippen molar-refractivity contribution in [3.8, 4) is 33.4 Å². The molecule has 0 atom stereocenters. The molecule has 1 saturated carbocycles. The number of ether oxygens (including phenoxy) is 1. The van der Waals surface area contributed by atoms with Crippen LogP contribution in [0.1, 0.15) is 60.9 Å². The van der Waals surface area contributed by atoms with Gasteiger partial charge >= 0.3 is 0 Å². The van der Waals surface area contributed by atoms with Crippen molar-refractivity contribution in [1.29, 1.82) is 0 Å². The molecule has 1 fully saturated rings. The van der Waals surface area contributed by atoms with Gasteiger partial charge in [0, 0.05) is 26.6 Å². The lowest BCUT2D eigenvalue weighted by atomic mass is 9.97. The number of fused-ring (bicyclic) bond motifs is 1. The maximum atomic E-state index is 13.7. The minimum absolute atomic E-state index is 0. The lowest BCUT2D eigenvalue weighted by molar-refractivity contribution is 0.104. The van der Waals surface area contributed by atoms with Crippen LogP contribution in [0.3, 0.4) is 0 Å². The van der Waals surface area contributed by atoms with Crippen LogP contribution in [0, 0.1) is 0 Å². The molecule has 1 aliphatic rings. The highest BCUT2D eigenvalue weighted by molar-refractivity contribution is 7.23. The number of phenolic OH excluding ortho intramolecular Hbond substituents is 3. The first-order valence-corrected chi connectivity index (χ1v) is 12.9. The fraction of sp³-hybridized carbons (Fsp3) is 0.276. The molecular formula is C29H32O7S. The Morgan fingerprint density at radius 1 is 0.784 bits per heavy atom. The van der Waals surface area contributed by atoms with Gasteiger partial charge in [-0.2, -0.15) is 0 Å². The SMILES string of the molecule is O.O.O=C(c1ccc(OC2CCCCCCC2)cc1)c1c(-c2ccc(O)cc2)sc2cc(O)cc(O)c12. The van der Waals surface area contributed by atoms with Gasteiger partial charge < -0.3 is 31.0 Å². The summed E-state index contributed by atoms with van der Waals surface area (Å²) in [5.74, 6) is 0.451. The second kappa shape index (κ2) is 12.1. The Balaban J connectivity index is 0.00000190. The lowest BCUT2D eigenvalue weighted by Crippen LogP contribution is -2.17. The van der Waals surface area contributed by atoms with Gasteiger partial charge in [0.1, 0.15) is 23.0 Å². The zero-order valence-electron chi connectivity index (χ0n) is 20.4. The zero-order chi connectivity index (χ0) is 24.4. The number of carbonyl (C=O) groups excluding carboxylic acids is 1. The minimum Gasteiger partial charge on any atom is -0.508 e. The van der Waals surface area contributed by atoms with E-state index in [1.54, 1.807) is 42.5 Å². The molecule has 37 heavy (non-hydrogen) atoms. The van der Waals surface area contributed by atoms with Crippen LogP contribution in [0.5, 0.6) is 23.0 Å². The molecule has 1 aromatic heterocycles. The van der Waals surface area contributed by atoms with Crippen molar-refractivity contribution in [3.63, 3.8) is 0 Å². The largest absolute Gasteiger partial charge is 0.508 e. The molecule has 8 heteroatoms. The number of benzene rings is 3. The molecule has 0 amide bonds. The number of hydrogen-bond donors (Lipinski definition) is 3. The van der Waals surface area contributed by atoms with Gasteiger partial charge in [0.25, 0.3) is 0 Å². The summed E-state index contributed by atoms with van der Waals surface area (Å²) in [6.45, 7) is 0. The quantitative estimate of drug-likeness (QED) is 0.284. The minimum atomic E-state index is -0.224. The molecule has 5 rings (SSSR count). The average Bonchev–Trinajstić information content (AvgIpc) is 3.21. The molecule has 0 spiro atoms. The fourth-order valence-corrected chi connectivity index (χ4v) is 6.04. The van der Waals surface area contributed by atoms with Gasteiger partial charge in [-0.25, -0.2) is 0 Å². The molecule has 0 saturated heterocycles. The molecule has 1 heterocycles. The van der Waals surface area contributed by atoms with E-state index >= 15 is 0 Å². The highest BCUT2D eigenvalue weighted by Gasteiger charge is 2.24. The van der Waals surface area contributed by atoms with Crippen molar-refractivity contribution in [3.05, 3.63) is 71.8 Å². The van der Waals surface area contributed by atoms with Crippen LogP contribution in [0.15, 0.2) is 60.7 Å². The molecule has 7 N–H and O–H groups in total. The summed E-state index contributed by atoms with van der Waals surface area (Å²) in [7, 11) is 0. The fourth-order valence-electron chi connectivity index (χ4n) is 4.78. The number of aromatic hydroxyl groups is 3. The first kappa shape index (κ1) is 28.0. The van der Waals surface area contributed by atoms with E-state index in [1.807, 2.05) is 12.1 Å². The second-order valence-corrected chi connectivity index (χ2v) is 10.2. The van der Waals surface area contributed by atoms with Crippen LogP contribution in [0.25, 0.3) is 20.5 Å². The number of thiophene rings is 1. The molecule has 0 radical (unpaired) electrons. The van der Waals surface area contributed by atoms with Crippen LogP contribution in [0.4, 0.5) is 0 Å². The molecule has 3 aromatic carbocycles. The first-order valence-electron chi connectivity index (χ1n) is 12.1. The monoisotopic (exact) mass is 524 g/mol. The molecule has 7 nitrogen and oxygen atoms in total. The Morgan fingerprint density at radius 3 is 2.05 bits per heavy atom. The molecule has 0 aliphatic heterocycles. The number of phenols is 3. The van der Waals surface area contributed by atoms with Gasteiger partial charge in [0.05, 0.1) is 11.7 Å². The zero-order valence-corrected chi connectivity index (χ0v) is 21.2. The van der Waals surface area contributed by atoms with Crippen LogP contribution in [-0.2, 0) is 0 Å². The van der Waals surface area contributed by atoms with Crippen molar-refractivity contribution < 1.29 is 35.8 Å². The van der Waals surface area contributed by atoms with Crippen molar-refractivity contribution in [2.45, 2.75) is 51.0 Å². The summed E-state index contributed by atoms with van der Waals surface area (Å²) >= 11 is 1.32. The number of rotatable bonds is 5. The Labute approximate surface area is 219 Å². The predicted molar refractivity (Wildman–Crippen MR) is 146 cm³/mol. The van der Waals surface area contributed by atoms with Gasteiger partial charge in [-0.1, -0.05) is 19.3 Å². The maximum Gasteiger partial charge on any atom is 0.195 e. The van der Waals surface area contributed by atoms with E-state index in [1.165, 1.54) is 49.5 Å². The smallest absolute Gasteiger partial charge is 0.195 e. The van der Waals surface area contributed by atoms with Crippen LogP contribution in [-0.4, -0.2) is 38.2 Å². The number of ketones is 1. The highest BCUT2D eigenvalue weighted by Crippen LogP contribution is 2.45. The van der Waals surface area contributed by atoms with Crippen molar-refractivity contribution in [2.75, 3.05) is 0 Å². The lowest BCUT2D eigenvalue weighted by Gasteiger charge is -2.21.